The maximum Gasteiger partial charge on any atom is 2.00 e. The molecule has 0 heterocycles. The minimum absolute atomic E-state index is 0. The topological polar surface area (TPSA) is 143 Å². The first-order valence-electron chi connectivity index (χ1n) is 1.28. The van der Waals surface area contributed by atoms with Crippen molar-refractivity contribution in [1.82, 2.24) is 0 Å². The van der Waals surface area contributed by atoms with Gasteiger partial charge in [-0.05, 0) is 0 Å². The Kier molecular flexibility index (Phi) is 25.2. The van der Waals surface area contributed by atoms with Crippen molar-refractivity contribution in [2.75, 3.05) is 0 Å². The molecule has 0 N–H and O–H groups in total. The first-order valence-corrected chi connectivity index (χ1v) is 3.84. The second kappa shape index (κ2) is 12.0. The van der Waals surface area contributed by atoms with Crippen LogP contribution in [0.25, 0.3) is 0 Å². The van der Waals surface area contributed by atoms with Crippen LogP contribution in [-0.2, 0) is 14.9 Å². The van der Waals surface area contributed by atoms with Crippen molar-refractivity contribution < 1.29 is 31.6 Å². The van der Waals surface area contributed by atoms with Gasteiger partial charge < -0.3 is 23.2 Å². The fourth-order valence-corrected chi connectivity index (χ4v) is 0. The van der Waals surface area contributed by atoms with E-state index in [0.29, 0.717) is 0 Å². The summed E-state index contributed by atoms with van der Waals surface area (Å²) in [5, 5.41) is 0. The summed E-state index contributed by atoms with van der Waals surface area (Å²) in [5.74, 6) is 0. The Bertz CT molecular complexity index is 161. The van der Waals surface area contributed by atoms with Gasteiger partial charge >= 0.3 is 48.9 Å². The van der Waals surface area contributed by atoms with E-state index in [1.165, 1.54) is 0 Å². The quantitative estimate of drug-likeness (QED) is 0.178. The molecule has 0 rings (SSSR count). The van der Waals surface area contributed by atoms with Crippen LogP contribution in [0.3, 0.4) is 0 Å². The van der Waals surface area contributed by atoms with Crippen LogP contribution in [0.1, 0.15) is 0 Å². The Morgan fingerprint density at radius 1 is 1.09 bits per heavy atom. The van der Waals surface area contributed by atoms with Gasteiger partial charge in [-0.25, -0.2) is 0 Å². The van der Waals surface area contributed by atoms with Gasteiger partial charge in [-0.2, -0.15) is 0 Å². The summed E-state index contributed by atoms with van der Waals surface area (Å²) in [6.45, 7) is 0. The molecule has 0 amide bonds. The predicted octanol–water partition coefficient (Wildman–Crippen LogP) is -4.98. The molecule has 11 heavy (non-hydrogen) atoms. The van der Waals surface area contributed by atoms with Crippen LogP contribution >= 0.6 is 0 Å². The second-order valence-corrected chi connectivity index (χ2v) is 1.97. The van der Waals surface area contributed by atoms with E-state index in [1.54, 1.807) is 0 Å². The van der Waals surface area contributed by atoms with E-state index in [1.807, 2.05) is 0 Å². The predicted molar refractivity (Wildman–Crippen MR) is 28.4 cm³/mol. The molecule has 0 unspecified atom stereocenters. The zero-order valence-corrected chi connectivity index (χ0v) is 15.1. The van der Waals surface area contributed by atoms with Gasteiger partial charge in [0.15, 0.2) is 0 Å². The van der Waals surface area contributed by atoms with E-state index in [4.69, 9.17) is 31.6 Å². The van der Waals surface area contributed by atoms with E-state index in [-0.39, 0.29) is 76.2 Å². The van der Waals surface area contributed by atoms with Crippen LogP contribution in [0.4, 0.5) is 0 Å². The largest absolute Gasteiger partial charge is 2.00 e. The van der Waals surface area contributed by atoms with Crippen molar-refractivity contribution in [1.29, 1.82) is 0 Å². The van der Waals surface area contributed by atoms with E-state index >= 15 is 0 Å². The van der Waals surface area contributed by atoms with Crippen LogP contribution in [-0.4, -0.2) is 103 Å². The minimum atomic E-state index is -5.17. The van der Waals surface area contributed by atoms with Gasteiger partial charge in [0, 0.05) is 46.9 Å². The van der Waals surface area contributed by atoms with Crippen molar-refractivity contribution in [3.05, 3.63) is 0 Å². The molecule has 4 radical (unpaired) electrons. The molecule has 0 saturated heterocycles. The zero-order valence-electron chi connectivity index (χ0n) is 4.97. The van der Waals surface area contributed by atoms with Crippen LogP contribution in [0.5, 0.6) is 0 Å². The third-order valence-electron chi connectivity index (χ3n) is 0. The minimum Gasteiger partial charge on any atom is -0.759 e. The van der Waals surface area contributed by atoms with Crippen molar-refractivity contribution in [2.45, 2.75) is 0 Å². The summed E-state index contributed by atoms with van der Waals surface area (Å²) in [6, 6.07) is 0. The standard InChI is InChI=1S/Ba.H2O4S.O3Si.Pb/c;1-5(2,3)4;1-4(2)3;/h;(H2,1,2,3,4);;/q+2;;-2;/p-2. The SMILES string of the molecule is O=S(=O)([O-])[O-].O=[Si]([O-])[O-].[Ba+2].[Pb]. The van der Waals surface area contributed by atoms with E-state index < -0.39 is 19.6 Å². The fourth-order valence-electron chi connectivity index (χ4n) is 0. The third kappa shape index (κ3) is 304. The van der Waals surface area contributed by atoms with Crippen LogP contribution < -0.4 is 9.59 Å². The first-order chi connectivity index (χ1) is 3.73. The zero-order chi connectivity index (χ0) is 8.08. The number of rotatable bonds is 0. The molecule has 0 bridgehead atoms. The molecule has 0 aromatic heterocycles. The summed E-state index contributed by atoms with van der Waals surface area (Å²) in [4.78, 5) is 17.0. The van der Waals surface area contributed by atoms with Gasteiger partial charge in [0.2, 0.25) is 0 Å². The molecule has 7 nitrogen and oxygen atoms in total. The van der Waals surface area contributed by atoms with Gasteiger partial charge in [-0.15, -0.1) is 0 Å². The summed E-state index contributed by atoms with van der Waals surface area (Å²) in [6.07, 6.45) is 0. The Labute approximate surface area is 125 Å². The van der Waals surface area contributed by atoms with Crippen LogP contribution in [0.15, 0.2) is 0 Å². The van der Waals surface area contributed by atoms with Gasteiger partial charge in [0.1, 0.15) is 0 Å². The van der Waals surface area contributed by atoms with Crippen LogP contribution in [0.2, 0.25) is 0 Å². The van der Waals surface area contributed by atoms with Crippen molar-refractivity contribution in [2.24, 2.45) is 0 Å². The van der Waals surface area contributed by atoms with E-state index in [0.717, 1.165) is 0 Å². The van der Waals surface area contributed by atoms with Gasteiger partial charge in [-0.1, -0.05) is 0 Å². The summed E-state index contributed by atoms with van der Waals surface area (Å²) < 4.78 is 42.6. The summed E-state index contributed by atoms with van der Waals surface area (Å²) in [7, 11) is -8.80. The normalized spacial score (nSPS) is 7.45. The molecule has 0 spiro atoms. The van der Waals surface area contributed by atoms with Crippen molar-refractivity contribution in [3.63, 3.8) is 0 Å². The molecule has 0 aliphatic carbocycles. The van der Waals surface area contributed by atoms with Crippen molar-refractivity contribution >= 4 is 95.7 Å². The molecule has 11 heteroatoms. The average Bonchev–Trinajstić information content (AvgIpc) is 1.19. The van der Waals surface area contributed by atoms with Gasteiger partial charge in [-0.3, -0.25) is 8.42 Å². The first kappa shape index (κ1) is 23.1. The Morgan fingerprint density at radius 2 is 1.09 bits per heavy atom. The van der Waals surface area contributed by atoms with E-state index in [2.05, 4.69) is 0 Å². The van der Waals surface area contributed by atoms with Gasteiger partial charge in [0.25, 0.3) is 0 Å². The summed E-state index contributed by atoms with van der Waals surface area (Å²) in [5.41, 5.74) is 0. The van der Waals surface area contributed by atoms with E-state index in [9.17, 15) is 0 Å². The maximum atomic E-state index is 8.52. The number of hydrogen-bond acceptors (Lipinski definition) is 7. The fraction of sp³-hybridized carbons (Fsp3) is 0. The molecule has 60 valence electrons. The smallest absolute Gasteiger partial charge is 0.759 e. The number of hydrogen-bond donors (Lipinski definition) is 0. The molecular weight excluding hydrogens is 517 g/mol. The molecule has 0 atom stereocenters. The average molecular weight is 517 g/mol. The van der Waals surface area contributed by atoms with Crippen molar-refractivity contribution in [3.8, 4) is 0 Å². The molecule has 0 aromatic rings. The van der Waals surface area contributed by atoms with Gasteiger partial charge in [0.05, 0.1) is 0 Å². The Morgan fingerprint density at radius 3 is 1.09 bits per heavy atom. The second-order valence-electron chi connectivity index (χ2n) is 0.658. The molecule has 0 aliphatic rings. The Hall–Kier alpha value is 1.98. The molecule has 0 fully saturated rings. The molecular formula is BaO7PbSSi-2. The maximum absolute atomic E-state index is 8.52. The summed E-state index contributed by atoms with van der Waals surface area (Å²) >= 11 is 0. The molecule has 0 aromatic carbocycles. The molecule has 0 saturated carbocycles. The Balaban J connectivity index is -0.0000000383. The molecule has 0 aliphatic heterocycles. The monoisotopic (exact) mass is 518 g/mol. The van der Waals surface area contributed by atoms with Crippen LogP contribution in [0, 0.1) is 0 Å². The third-order valence-corrected chi connectivity index (χ3v) is 0.